The van der Waals surface area contributed by atoms with Crippen molar-refractivity contribution in [3.63, 3.8) is 0 Å². The number of ether oxygens (including phenoxy) is 1. The summed E-state index contributed by atoms with van der Waals surface area (Å²) in [6.07, 6.45) is 4.77. The number of urea groups is 1. The number of rotatable bonds is 9. The molecular formula is C22H19BrClN5O5S. The molecule has 0 saturated carbocycles. The first-order valence-corrected chi connectivity index (χ1v) is 12.4. The molecule has 13 heteroatoms. The van der Waals surface area contributed by atoms with E-state index in [9.17, 15) is 19.7 Å². The van der Waals surface area contributed by atoms with Gasteiger partial charge in [-0.25, -0.2) is 19.1 Å². The molecule has 1 heterocycles. The first-order chi connectivity index (χ1) is 16.8. The number of anilines is 1. The number of hydrogen-bond donors (Lipinski definition) is 1. The maximum absolute atomic E-state index is 13.0. The molecule has 0 bridgehead atoms. The molecule has 3 aromatic rings. The maximum Gasteiger partial charge on any atom is 0.339 e. The number of nitro groups is 1. The van der Waals surface area contributed by atoms with E-state index in [2.05, 4.69) is 31.2 Å². The number of halogens is 2. The third-order valence-electron chi connectivity index (χ3n) is 4.42. The van der Waals surface area contributed by atoms with E-state index < -0.39 is 22.5 Å². The largest absolute Gasteiger partial charge is 0.423 e. The third-order valence-corrected chi connectivity index (χ3v) is 6.23. The van der Waals surface area contributed by atoms with Gasteiger partial charge >= 0.3 is 12.0 Å². The first-order valence-electron chi connectivity index (χ1n) is 10.3. The molecule has 0 unspecified atom stereocenters. The van der Waals surface area contributed by atoms with E-state index in [0.717, 1.165) is 12.8 Å². The Kier molecular flexibility index (Phi) is 9.40. The zero-order valence-electron chi connectivity index (χ0n) is 18.3. The quantitative estimate of drug-likeness (QED) is 0.133. The molecule has 0 aliphatic rings. The normalized spacial score (nSPS) is 10.5. The predicted molar refractivity (Wildman–Crippen MR) is 137 cm³/mol. The minimum atomic E-state index is -0.887. The van der Waals surface area contributed by atoms with E-state index >= 15 is 0 Å². The number of unbranched alkanes of at least 4 members (excludes halogenated alkanes) is 1. The molecule has 10 nitrogen and oxygen atoms in total. The number of benzene rings is 2. The first kappa shape index (κ1) is 26.4. The van der Waals surface area contributed by atoms with Gasteiger partial charge in [-0.3, -0.25) is 20.2 Å². The minimum Gasteiger partial charge on any atom is -0.423 e. The summed E-state index contributed by atoms with van der Waals surface area (Å²) in [7, 11) is 0. The Bertz CT molecular complexity index is 1230. The molecule has 0 aliphatic heterocycles. The lowest BCUT2D eigenvalue weighted by molar-refractivity contribution is -0.385. The summed E-state index contributed by atoms with van der Waals surface area (Å²) in [6, 6.07) is 9.36. The van der Waals surface area contributed by atoms with Crippen molar-refractivity contribution in [1.82, 2.24) is 15.3 Å². The zero-order chi connectivity index (χ0) is 25.4. The van der Waals surface area contributed by atoms with Crippen molar-refractivity contribution in [2.75, 3.05) is 10.1 Å². The van der Waals surface area contributed by atoms with Gasteiger partial charge < -0.3 is 4.74 Å². The fourth-order valence-electron chi connectivity index (χ4n) is 2.74. The topological polar surface area (TPSA) is 128 Å². The second-order valence-corrected chi connectivity index (χ2v) is 9.27. The van der Waals surface area contributed by atoms with Crippen LogP contribution in [0.15, 0.2) is 59.3 Å². The molecule has 0 atom stereocenters. The van der Waals surface area contributed by atoms with E-state index in [1.54, 1.807) is 12.1 Å². The Morgan fingerprint density at radius 2 is 1.94 bits per heavy atom. The molecule has 0 fully saturated rings. The Labute approximate surface area is 218 Å². The molecular weight excluding hydrogens is 562 g/mol. The van der Waals surface area contributed by atoms with Crippen molar-refractivity contribution in [3.8, 4) is 11.8 Å². The van der Waals surface area contributed by atoms with Gasteiger partial charge in [-0.05, 0) is 58.6 Å². The van der Waals surface area contributed by atoms with Gasteiger partial charge in [0.1, 0.15) is 11.3 Å². The van der Waals surface area contributed by atoms with Gasteiger partial charge in [0.15, 0.2) is 0 Å². The number of nitro benzene ring substituents is 1. The maximum atomic E-state index is 13.0. The SMILES string of the molecule is CCCCSN(C(=O)NC(=O)c1ccccc1[N+](=O)[O-])c1ccc(Oc2ncc(Br)cn2)c(Cl)c1. The number of nitrogens with zero attached hydrogens (tertiary/aromatic N) is 4. The summed E-state index contributed by atoms with van der Waals surface area (Å²) < 4.78 is 7.56. The molecule has 3 amide bonds. The van der Waals surface area contributed by atoms with Crippen LogP contribution in [0.3, 0.4) is 0 Å². The summed E-state index contributed by atoms with van der Waals surface area (Å²) in [5, 5.41) is 13.7. The summed E-state index contributed by atoms with van der Waals surface area (Å²) in [6.45, 7) is 2.01. The number of imide groups is 1. The van der Waals surface area contributed by atoms with Crippen molar-refractivity contribution >= 4 is 62.8 Å². The highest BCUT2D eigenvalue weighted by Gasteiger charge is 2.25. The molecule has 0 saturated heterocycles. The Hall–Kier alpha value is -3.22. The van der Waals surface area contributed by atoms with Gasteiger partial charge in [-0.15, -0.1) is 0 Å². The van der Waals surface area contributed by atoms with Crippen LogP contribution in [-0.4, -0.2) is 32.6 Å². The van der Waals surface area contributed by atoms with Crippen LogP contribution in [0.2, 0.25) is 5.02 Å². The second-order valence-electron chi connectivity index (χ2n) is 6.92. The van der Waals surface area contributed by atoms with Gasteiger partial charge in [0, 0.05) is 24.2 Å². The fourth-order valence-corrected chi connectivity index (χ4v) is 4.19. The van der Waals surface area contributed by atoms with Crippen LogP contribution in [0.4, 0.5) is 16.2 Å². The lowest BCUT2D eigenvalue weighted by Crippen LogP contribution is -2.40. The number of amides is 3. The van der Waals surface area contributed by atoms with Crippen LogP contribution in [0.1, 0.15) is 30.1 Å². The third kappa shape index (κ3) is 7.13. The number of aromatic nitrogens is 2. The van der Waals surface area contributed by atoms with E-state index in [1.165, 1.54) is 59.0 Å². The van der Waals surface area contributed by atoms with E-state index in [4.69, 9.17) is 16.3 Å². The van der Waals surface area contributed by atoms with Gasteiger partial charge in [0.25, 0.3) is 11.6 Å². The lowest BCUT2D eigenvalue weighted by Gasteiger charge is -2.22. The second kappa shape index (κ2) is 12.5. The highest BCUT2D eigenvalue weighted by atomic mass is 79.9. The Morgan fingerprint density at radius 1 is 1.23 bits per heavy atom. The highest BCUT2D eigenvalue weighted by molar-refractivity contribution is 9.10. The summed E-state index contributed by atoms with van der Waals surface area (Å²) in [4.78, 5) is 44.3. The summed E-state index contributed by atoms with van der Waals surface area (Å²) in [5.41, 5.74) is -0.239. The molecule has 1 aromatic heterocycles. The molecule has 3 rings (SSSR count). The van der Waals surface area contributed by atoms with Crippen LogP contribution >= 0.6 is 39.5 Å². The molecule has 35 heavy (non-hydrogen) atoms. The summed E-state index contributed by atoms with van der Waals surface area (Å²) >= 11 is 10.8. The Balaban J connectivity index is 1.82. The zero-order valence-corrected chi connectivity index (χ0v) is 21.5. The van der Waals surface area contributed by atoms with Crippen LogP contribution in [-0.2, 0) is 0 Å². The van der Waals surface area contributed by atoms with E-state index in [1.807, 2.05) is 6.92 Å². The van der Waals surface area contributed by atoms with Crippen molar-refractivity contribution in [3.05, 3.63) is 80.0 Å². The monoisotopic (exact) mass is 579 g/mol. The molecule has 0 aliphatic carbocycles. The smallest absolute Gasteiger partial charge is 0.339 e. The van der Waals surface area contributed by atoms with Gasteiger partial charge in [-0.2, -0.15) is 0 Å². The van der Waals surface area contributed by atoms with Crippen molar-refractivity contribution in [1.29, 1.82) is 0 Å². The van der Waals surface area contributed by atoms with Gasteiger partial charge in [0.2, 0.25) is 0 Å². The molecule has 2 aromatic carbocycles. The molecule has 0 radical (unpaired) electrons. The molecule has 1 N–H and O–H groups in total. The minimum absolute atomic E-state index is 0.0878. The Morgan fingerprint density at radius 3 is 2.60 bits per heavy atom. The van der Waals surface area contributed by atoms with Crippen LogP contribution in [0.25, 0.3) is 0 Å². The standard InChI is InChI=1S/C22H19BrClN5O5S/c1-2-3-10-35-28(22(31)27-20(30)16-6-4-5-7-18(16)29(32)33)15-8-9-19(17(24)11-15)34-21-25-12-14(23)13-26-21/h4-9,11-13H,2-3,10H2,1H3,(H,27,30,31). The van der Waals surface area contributed by atoms with Crippen molar-refractivity contribution in [2.45, 2.75) is 19.8 Å². The number of hydrogen-bond acceptors (Lipinski definition) is 8. The van der Waals surface area contributed by atoms with Gasteiger partial charge in [0.05, 0.1) is 20.1 Å². The fraction of sp³-hybridized carbons (Fsp3) is 0.182. The molecule has 182 valence electrons. The number of carbonyl (C=O) groups is 2. The summed E-state index contributed by atoms with van der Waals surface area (Å²) in [5.74, 6) is -0.0267. The van der Waals surface area contributed by atoms with E-state index in [0.29, 0.717) is 15.9 Å². The average Bonchev–Trinajstić information content (AvgIpc) is 2.84. The molecule has 0 spiro atoms. The van der Waals surface area contributed by atoms with Crippen LogP contribution < -0.4 is 14.4 Å². The number of nitrogens with one attached hydrogen (secondary N) is 1. The number of para-hydroxylation sites is 1. The van der Waals surface area contributed by atoms with E-state index in [-0.39, 0.29) is 22.3 Å². The van der Waals surface area contributed by atoms with Crippen molar-refractivity contribution < 1.29 is 19.2 Å². The lowest BCUT2D eigenvalue weighted by atomic mass is 10.1. The van der Waals surface area contributed by atoms with Gasteiger partial charge in [-0.1, -0.05) is 37.1 Å². The number of carbonyl (C=O) groups excluding carboxylic acids is 2. The van der Waals surface area contributed by atoms with Crippen LogP contribution in [0.5, 0.6) is 11.8 Å². The highest BCUT2D eigenvalue weighted by Crippen LogP contribution is 2.34. The van der Waals surface area contributed by atoms with Crippen LogP contribution in [0, 0.1) is 10.1 Å². The van der Waals surface area contributed by atoms with Crippen molar-refractivity contribution in [2.24, 2.45) is 0 Å². The average molecular weight is 581 g/mol. The predicted octanol–water partition coefficient (Wildman–Crippen LogP) is 6.40.